The van der Waals surface area contributed by atoms with Gasteiger partial charge >= 0.3 is 0 Å². The van der Waals surface area contributed by atoms with Gasteiger partial charge in [0.2, 0.25) is 0 Å². The average Bonchev–Trinajstić information content (AvgIpc) is 3.07. The second-order valence-corrected chi connectivity index (χ2v) is 6.22. The number of aromatic amines is 1. The molecule has 0 saturated heterocycles. The van der Waals surface area contributed by atoms with Crippen LogP contribution in [0.3, 0.4) is 0 Å². The minimum Gasteiger partial charge on any atom is -0.335 e. The number of carbonyl (C=O) groups is 1. The highest BCUT2D eigenvalue weighted by Gasteiger charge is 2.37. The normalized spacial score (nSPS) is 15.4. The minimum absolute atomic E-state index is 0.250. The highest BCUT2D eigenvalue weighted by Crippen LogP contribution is 2.26. The number of fused-ring (bicyclic) bond motifs is 2. The van der Waals surface area contributed by atoms with Crippen molar-refractivity contribution in [2.45, 2.75) is 26.4 Å². The minimum atomic E-state index is -0.789. The molecule has 4 rings (SSSR count). The molecule has 1 amide bonds. The highest BCUT2D eigenvalue weighted by atomic mass is 16.2. The third kappa shape index (κ3) is 1.91. The van der Waals surface area contributed by atoms with Crippen molar-refractivity contribution in [3.05, 3.63) is 40.2 Å². The number of aryl methyl sites for hydroxylation is 1. The predicted molar refractivity (Wildman–Crippen MR) is 87.2 cm³/mol. The summed E-state index contributed by atoms with van der Waals surface area (Å²) in [5.41, 5.74) is 0.908. The SMILES string of the molecule is Cc1cc(Nc2ncnc3[nH]ncc23)c(=O)n2c1C(=O)NC2(C)C. The van der Waals surface area contributed by atoms with Gasteiger partial charge in [0.15, 0.2) is 5.65 Å². The smallest absolute Gasteiger partial charge is 0.276 e. The van der Waals surface area contributed by atoms with Crippen LogP contribution in [0.4, 0.5) is 11.5 Å². The summed E-state index contributed by atoms with van der Waals surface area (Å²) in [6.45, 7) is 5.36. The van der Waals surface area contributed by atoms with Crippen LogP contribution in [-0.4, -0.2) is 30.6 Å². The summed E-state index contributed by atoms with van der Waals surface area (Å²) in [4.78, 5) is 33.3. The number of carbonyl (C=O) groups excluding carboxylic acids is 1. The van der Waals surface area contributed by atoms with Gasteiger partial charge in [-0.25, -0.2) is 9.97 Å². The van der Waals surface area contributed by atoms with E-state index in [-0.39, 0.29) is 11.5 Å². The number of aromatic nitrogens is 5. The maximum Gasteiger partial charge on any atom is 0.276 e. The maximum absolute atomic E-state index is 12.9. The van der Waals surface area contributed by atoms with Gasteiger partial charge in [0.25, 0.3) is 11.5 Å². The first-order chi connectivity index (χ1) is 11.4. The Morgan fingerprint density at radius 3 is 2.83 bits per heavy atom. The van der Waals surface area contributed by atoms with Crippen molar-refractivity contribution < 1.29 is 4.79 Å². The quantitative estimate of drug-likeness (QED) is 0.647. The van der Waals surface area contributed by atoms with Gasteiger partial charge in [-0.1, -0.05) is 0 Å². The zero-order valence-corrected chi connectivity index (χ0v) is 13.3. The average molecular weight is 325 g/mol. The molecule has 9 heteroatoms. The van der Waals surface area contributed by atoms with Gasteiger partial charge in [0.1, 0.15) is 29.2 Å². The number of pyridine rings is 1. The molecule has 0 aliphatic carbocycles. The number of nitrogens with zero attached hydrogens (tertiary/aromatic N) is 4. The Bertz CT molecular complexity index is 1050. The summed E-state index contributed by atoms with van der Waals surface area (Å²) in [6.07, 6.45) is 2.97. The monoisotopic (exact) mass is 325 g/mol. The lowest BCUT2D eigenvalue weighted by Crippen LogP contribution is -2.42. The molecular weight excluding hydrogens is 310 g/mol. The van der Waals surface area contributed by atoms with E-state index in [9.17, 15) is 9.59 Å². The molecular formula is C15H15N7O2. The van der Waals surface area contributed by atoms with E-state index < -0.39 is 5.66 Å². The maximum atomic E-state index is 12.9. The number of rotatable bonds is 2. The van der Waals surface area contributed by atoms with E-state index in [1.165, 1.54) is 10.9 Å². The third-order valence-electron chi connectivity index (χ3n) is 4.09. The van der Waals surface area contributed by atoms with Crippen LogP contribution in [0, 0.1) is 6.92 Å². The summed E-state index contributed by atoms with van der Waals surface area (Å²) in [5, 5.41) is 13.2. The number of hydrogen-bond donors (Lipinski definition) is 3. The summed E-state index contributed by atoms with van der Waals surface area (Å²) in [6, 6.07) is 1.66. The van der Waals surface area contributed by atoms with Crippen molar-refractivity contribution in [3.8, 4) is 0 Å². The summed E-state index contributed by atoms with van der Waals surface area (Å²) >= 11 is 0. The van der Waals surface area contributed by atoms with E-state index in [4.69, 9.17) is 0 Å². The summed E-state index contributed by atoms with van der Waals surface area (Å²) in [5.74, 6) is 0.223. The molecule has 0 fully saturated rings. The van der Waals surface area contributed by atoms with Crippen LogP contribution in [0.15, 0.2) is 23.4 Å². The number of anilines is 2. The largest absolute Gasteiger partial charge is 0.335 e. The van der Waals surface area contributed by atoms with Gasteiger partial charge in [0.05, 0.1) is 11.6 Å². The molecule has 0 atom stereocenters. The molecule has 4 heterocycles. The van der Waals surface area contributed by atoms with Crippen LogP contribution in [0.25, 0.3) is 11.0 Å². The number of hydrogen-bond acceptors (Lipinski definition) is 6. The van der Waals surface area contributed by atoms with E-state index in [0.29, 0.717) is 33.8 Å². The molecule has 1 aliphatic rings. The number of amides is 1. The molecule has 24 heavy (non-hydrogen) atoms. The molecule has 0 unspecified atom stereocenters. The fourth-order valence-electron chi connectivity index (χ4n) is 3.03. The molecule has 122 valence electrons. The molecule has 3 N–H and O–H groups in total. The molecule has 0 radical (unpaired) electrons. The van der Waals surface area contributed by atoms with Crippen LogP contribution in [0.1, 0.15) is 29.9 Å². The van der Waals surface area contributed by atoms with E-state index in [0.717, 1.165) is 0 Å². The molecule has 0 aromatic carbocycles. The van der Waals surface area contributed by atoms with Gasteiger partial charge in [-0.15, -0.1) is 0 Å². The van der Waals surface area contributed by atoms with E-state index in [1.807, 2.05) is 0 Å². The van der Waals surface area contributed by atoms with Crippen molar-refractivity contribution in [3.63, 3.8) is 0 Å². The van der Waals surface area contributed by atoms with E-state index >= 15 is 0 Å². The molecule has 3 aromatic rings. The number of nitrogens with one attached hydrogen (secondary N) is 3. The van der Waals surface area contributed by atoms with Gasteiger partial charge in [0, 0.05) is 0 Å². The first-order valence-electron chi connectivity index (χ1n) is 7.39. The Balaban J connectivity index is 1.89. The van der Waals surface area contributed by atoms with Crippen molar-refractivity contribution in [1.82, 2.24) is 30.0 Å². The number of H-pyrrole nitrogens is 1. The molecule has 0 saturated carbocycles. The Morgan fingerprint density at radius 2 is 2.04 bits per heavy atom. The lowest BCUT2D eigenvalue weighted by Gasteiger charge is -2.22. The Hall–Kier alpha value is -3.23. The topological polar surface area (TPSA) is 118 Å². The fourth-order valence-corrected chi connectivity index (χ4v) is 3.03. The second kappa shape index (κ2) is 4.63. The van der Waals surface area contributed by atoms with E-state index in [1.54, 1.807) is 33.0 Å². The zero-order chi connectivity index (χ0) is 17.1. The lowest BCUT2D eigenvalue weighted by atomic mass is 10.1. The predicted octanol–water partition coefficient (Wildman–Crippen LogP) is 1.00. The fraction of sp³-hybridized carbons (Fsp3) is 0.267. The van der Waals surface area contributed by atoms with E-state index in [2.05, 4.69) is 30.8 Å². The zero-order valence-electron chi connectivity index (χ0n) is 13.3. The molecule has 3 aromatic heterocycles. The Morgan fingerprint density at radius 1 is 1.25 bits per heavy atom. The molecule has 1 aliphatic heterocycles. The second-order valence-electron chi connectivity index (χ2n) is 6.22. The first kappa shape index (κ1) is 14.4. The van der Waals surface area contributed by atoms with Crippen LogP contribution in [0.2, 0.25) is 0 Å². The van der Waals surface area contributed by atoms with Gasteiger partial charge < -0.3 is 10.6 Å². The van der Waals surface area contributed by atoms with Crippen LogP contribution in [0.5, 0.6) is 0 Å². The van der Waals surface area contributed by atoms with Gasteiger partial charge in [-0.05, 0) is 32.4 Å². The lowest BCUT2D eigenvalue weighted by molar-refractivity contribution is 0.0934. The molecule has 9 nitrogen and oxygen atoms in total. The highest BCUT2D eigenvalue weighted by molar-refractivity contribution is 5.97. The van der Waals surface area contributed by atoms with Gasteiger partial charge in [-0.3, -0.25) is 19.3 Å². The third-order valence-corrected chi connectivity index (χ3v) is 4.09. The molecule has 0 bridgehead atoms. The summed E-state index contributed by atoms with van der Waals surface area (Å²) in [7, 11) is 0. The van der Waals surface area contributed by atoms with Crippen LogP contribution >= 0.6 is 0 Å². The Labute approximate surface area is 136 Å². The molecule has 0 spiro atoms. The van der Waals surface area contributed by atoms with Crippen LogP contribution < -0.4 is 16.2 Å². The Kier molecular flexibility index (Phi) is 2.77. The first-order valence-corrected chi connectivity index (χ1v) is 7.39. The van der Waals surface area contributed by atoms with Crippen molar-refractivity contribution in [2.24, 2.45) is 0 Å². The van der Waals surface area contributed by atoms with Crippen molar-refractivity contribution >= 4 is 28.4 Å². The van der Waals surface area contributed by atoms with Gasteiger partial charge in [-0.2, -0.15) is 5.10 Å². The van der Waals surface area contributed by atoms with Crippen molar-refractivity contribution in [2.75, 3.05) is 5.32 Å². The van der Waals surface area contributed by atoms with Crippen LogP contribution in [-0.2, 0) is 5.66 Å². The summed E-state index contributed by atoms with van der Waals surface area (Å²) < 4.78 is 1.47. The van der Waals surface area contributed by atoms with Crippen molar-refractivity contribution in [1.29, 1.82) is 0 Å². The standard InChI is InChI=1S/C15H15N7O2/c1-7-4-9(14(24)22-10(7)13(23)20-15(22,2)3)19-11-8-5-18-21-12(8)17-6-16-11/h4-6H,1-3H3,(H,20,23)(H2,16,17,18,19,21).